The van der Waals surface area contributed by atoms with Gasteiger partial charge in [0.15, 0.2) is 0 Å². The Morgan fingerprint density at radius 2 is 0.965 bits per heavy atom. The largest absolute Gasteiger partial charge is 0.455 e. The van der Waals surface area contributed by atoms with Crippen molar-refractivity contribution >= 4 is 49.8 Å². The minimum Gasteiger partial charge on any atom is -0.455 e. The van der Waals surface area contributed by atoms with Gasteiger partial charge < -0.3 is 9.32 Å². The summed E-state index contributed by atoms with van der Waals surface area (Å²) in [6.07, 6.45) is 0. The molecule has 1 heterocycles. The van der Waals surface area contributed by atoms with Gasteiger partial charge >= 0.3 is 0 Å². The number of anilines is 3. The lowest BCUT2D eigenvalue weighted by molar-refractivity contribution is 0.660. The SMILES string of the molecule is CC1(C)c2ccccc2-c2ccc(N(c3ccc(-c4ccccc4)cc3)c3ccccc3-c3cccc4c3oc3cc(-c5ccccc5)c5ccccc5c34)cc21. The highest BCUT2D eigenvalue weighted by molar-refractivity contribution is 6.23. The summed E-state index contributed by atoms with van der Waals surface area (Å²) in [5.41, 5.74) is 17.2. The van der Waals surface area contributed by atoms with E-state index in [1.54, 1.807) is 0 Å². The zero-order chi connectivity index (χ0) is 38.1. The molecule has 0 saturated heterocycles. The van der Waals surface area contributed by atoms with Crippen molar-refractivity contribution in [3.63, 3.8) is 0 Å². The van der Waals surface area contributed by atoms with E-state index in [1.165, 1.54) is 55.3 Å². The second kappa shape index (κ2) is 13.0. The van der Waals surface area contributed by atoms with Crippen LogP contribution in [0.1, 0.15) is 25.0 Å². The van der Waals surface area contributed by atoms with Gasteiger partial charge in [0.1, 0.15) is 11.2 Å². The molecule has 10 aromatic rings. The maximum atomic E-state index is 7.02. The summed E-state index contributed by atoms with van der Waals surface area (Å²) in [5.74, 6) is 0. The lowest BCUT2D eigenvalue weighted by Gasteiger charge is -2.30. The summed E-state index contributed by atoms with van der Waals surface area (Å²) < 4.78 is 7.02. The predicted octanol–water partition coefficient (Wildman–Crippen LogP) is 15.5. The number of benzene rings is 9. The van der Waals surface area contributed by atoms with Gasteiger partial charge in [-0.05, 0) is 91.7 Å². The molecular formula is C55H39NO. The number of hydrogen-bond acceptors (Lipinski definition) is 2. The zero-order valence-corrected chi connectivity index (χ0v) is 31.9. The van der Waals surface area contributed by atoms with Crippen molar-refractivity contribution in [2.24, 2.45) is 0 Å². The van der Waals surface area contributed by atoms with Gasteiger partial charge in [0.05, 0.1) is 5.69 Å². The molecule has 1 aliphatic rings. The third kappa shape index (κ3) is 5.25. The second-order valence-corrected chi connectivity index (χ2v) is 15.7. The van der Waals surface area contributed by atoms with Gasteiger partial charge in [0, 0.05) is 38.7 Å². The minimum atomic E-state index is -0.133. The summed E-state index contributed by atoms with van der Waals surface area (Å²) in [6.45, 7) is 4.70. The molecule has 0 atom stereocenters. The van der Waals surface area contributed by atoms with E-state index in [0.29, 0.717) is 0 Å². The van der Waals surface area contributed by atoms with Gasteiger partial charge in [-0.15, -0.1) is 0 Å². The zero-order valence-electron chi connectivity index (χ0n) is 31.9. The van der Waals surface area contributed by atoms with Gasteiger partial charge in [-0.2, -0.15) is 0 Å². The van der Waals surface area contributed by atoms with Crippen LogP contribution in [0.4, 0.5) is 17.1 Å². The molecule has 2 heteroatoms. The molecule has 0 spiro atoms. The first-order chi connectivity index (χ1) is 28.0. The van der Waals surface area contributed by atoms with Crippen molar-refractivity contribution in [3.8, 4) is 44.5 Å². The molecule has 0 N–H and O–H groups in total. The maximum Gasteiger partial charge on any atom is 0.143 e. The summed E-state index contributed by atoms with van der Waals surface area (Å²) in [6, 6.07) is 72.4. The molecule has 0 amide bonds. The first kappa shape index (κ1) is 33.2. The summed E-state index contributed by atoms with van der Waals surface area (Å²) in [7, 11) is 0. The number of nitrogens with zero attached hydrogens (tertiary/aromatic N) is 1. The standard InChI is InChI=1S/C55H39NO/c1-55(2)49-26-13-11-21-42(49)43-33-32-40(34-50(43)55)56(39-30-28-37(29-31-39)36-16-5-3-6-17-36)51-27-14-12-22-44(51)46-24-15-25-47-53-45-23-10-9-20-41(45)48(35-52(53)57-54(46)47)38-18-7-4-8-19-38/h3-35H,1-2H3. The average molecular weight is 730 g/mol. The first-order valence-electron chi connectivity index (χ1n) is 19.8. The molecule has 0 unspecified atom stereocenters. The molecule has 0 radical (unpaired) electrons. The van der Waals surface area contributed by atoms with E-state index in [1.807, 2.05) is 0 Å². The number of para-hydroxylation sites is 2. The highest BCUT2D eigenvalue weighted by atomic mass is 16.3. The Morgan fingerprint density at radius 1 is 0.386 bits per heavy atom. The molecule has 1 aromatic heterocycles. The summed E-state index contributed by atoms with van der Waals surface area (Å²) >= 11 is 0. The fraction of sp³-hybridized carbons (Fsp3) is 0.0545. The molecule has 0 bridgehead atoms. The van der Waals surface area contributed by atoms with Crippen molar-refractivity contribution in [1.82, 2.24) is 0 Å². The van der Waals surface area contributed by atoms with Crippen LogP contribution in [0.3, 0.4) is 0 Å². The molecule has 11 rings (SSSR count). The number of hydrogen-bond donors (Lipinski definition) is 0. The topological polar surface area (TPSA) is 16.4 Å². The molecular weight excluding hydrogens is 691 g/mol. The molecule has 1 aliphatic carbocycles. The van der Waals surface area contributed by atoms with Crippen molar-refractivity contribution in [2.45, 2.75) is 19.3 Å². The monoisotopic (exact) mass is 729 g/mol. The Balaban J connectivity index is 1.13. The molecule has 0 aliphatic heterocycles. The highest BCUT2D eigenvalue weighted by Gasteiger charge is 2.36. The van der Waals surface area contributed by atoms with Crippen LogP contribution in [0.15, 0.2) is 205 Å². The van der Waals surface area contributed by atoms with Crippen LogP contribution in [-0.4, -0.2) is 0 Å². The Hall–Kier alpha value is -7.16. The van der Waals surface area contributed by atoms with Crippen molar-refractivity contribution in [1.29, 1.82) is 0 Å². The molecule has 2 nitrogen and oxygen atoms in total. The Labute approximate surface area is 332 Å². The number of fused-ring (bicyclic) bond motifs is 8. The van der Waals surface area contributed by atoms with Crippen LogP contribution < -0.4 is 4.90 Å². The minimum absolute atomic E-state index is 0.133. The van der Waals surface area contributed by atoms with E-state index >= 15 is 0 Å². The fourth-order valence-corrected chi connectivity index (χ4v) is 9.32. The van der Waals surface area contributed by atoms with Gasteiger partial charge in [-0.25, -0.2) is 0 Å². The number of rotatable bonds is 6. The average Bonchev–Trinajstić information content (AvgIpc) is 3.76. The summed E-state index contributed by atoms with van der Waals surface area (Å²) in [5, 5.41) is 4.67. The van der Waals surface area contributed by atoms with Crippen LogP contribution in [0.2, 0.25) is 0 Å². The molecule has 57 heavy (non-hydrogen) atoms. The third-order valence-electron chi connectivity index (χ3n) is 12.1. The molecule has 0 saturated carbocycles. The van der Waals surface area contributed by atoms with Crippen LogP contribution in [0.5, 0.6) is 0 Å². The molecule has 0 fully saturated rings. The van der Waals surface area contributed by atoms with Crippen molar-refractivity contribution in [2.75, 3.05) is 4.90 Å². The van der Waals surface area contributed by atoms with E-state index in [0.717, 1.165) is 50.1 Å². The van der Waals surface area contributed by atoms with Crippen molar-refractivity contribution in [3.05, 3.63) is 211 Å². The van der Waals surface area contributed by atoms with Crippen LogP contribution in [0.25, 0.3) is 77.2 Å². The van der Waals surface area contributed by atoms with E-state index in [4.69, 9.17) is 4.42 Å². The van der Waals surface area contributed by atoms with Crippen LogP contribution >= 0.6 is 0 Å². The Bertz CT molecular complexity index is 3140. The van der Waals surface area contributed by atoms with Gasteiger partial charge in [0.25, 0.3) is 0 Å². The second-order valence-electron chi connectivity index (χ2n) is 15.7. The predicted molar refractivity (Wildman–Crippen MR) is 240 cm³/mol. The third-order valence-corrected chi connectivity index (χ3v) is 12.1. The smallest absolute Gasteiger partial charge is 0.143 e. The number of furan rings is 1. The van der Waals surface area contributed by atoms with E-state index < -0.39 is 0 Å². The fourth-order valence-electron chi connectivity index (χ4n) is 9.32. The first-order valence-corrected chi connectivity index (χ1v) is 19.8. The van der Waals surface area contributed by atoms with E-state index in [9.17, 15) is 0 Å². The van der Waals surface area contributed by atoms with Crippen LogP contribution in [-0.2, 0) is 5.41 Å². The maximum absolute atomic E-state index is 7.02. The quantitative estimate of drug-likeness (QED) is 0.169. The Morgan fingerprint density at radius 3 is 1.75 bits per heavy atom. The normalized spacial score (nSPS) is 12.9. The van der Waals surface area contributed by atoms with Gasteiger partial charge in [-0.1, -0.05) is 178 Å². The van der Waals surface area contributed by atoms with Crippen molar-refractivity contribution < 1.29 is 4.42 Å². The molecule has 270 valence electrons. The highest BCUT2D eigenvalue weighted by Crippen LogP contribution is 2.52. The lowest BCUT2D eigenvalue weighted by Crippen LogP contribution is -2.16. The van der Waals surface area contributed by atoms with Gasteiger partial charge in [0.2, 0.25) is 0 Å². The van der Waals surface area contributed by atoms with Gasteiger partial charge in [-0.3, -0.25) is 0 Å². The summed E-state index contributed by atoms with van der Waals surface area (Å²) in [4.78, 5) is 2.42. The van der Waals surface area contributed by atoms with Crippen LogP contribution in [0, 0.1) is 0 Å². The van der Waals surface area contributed by atoms with E-state index in [2.05, 4.69) is 219 Å². The lowest BCUT2D eigenvalue weighted by atomic mass is 9.82. The van der Waals surface area contributed by atoms with E-state index in [-0.39, 0.29) is 5.41 Å². The Kier molecular flexibility index (Phi) is 7.55. The molecule has 9 aromatic carbocycles.